The number of carboxylic acid groups (broad SMARTS) is 1. The lowest BCUT2D eigenvalue weighted by Crippen LogP contribution is -2.29. The van der Waals surface area contributed by atoms with Crippen LogP contribution in [0.3, 0.4) is 0 Å². The van der Waals surface area contributed by atoms with E-state index in [1.165, 1.54) is 25.7 Å². The summed E-state index contributed by atoms with van der Waals surface area (Å²) in [5.74, 6) is -0.869. The molecule has 0 radical (unpaired) electrons. The average Bonchev–Trinajstić information content (AvgIpc) is 2.39. The van der Waals surface area contributed by atoms with E-state index in [0.717, 1.165) is 18.7 Å². The molecule has 0 saturated carbocycles. The zero-order valence-electron chi connectivity index (χ0n) is 12.9. The van der Waals surface area contributed by atoms with Gasteiger partial charge in [-0.25, -0.2) is 4.79 Å². The van der Waals surface area contributed by atoms with E-state index in [2.05, 4.69) is 26.1 Å². The lowest BCUT2D eigenvalue weighted by molar-refractivity contribution is 0.0696. The minimum absolute atomic E-state index is 0.291. The molecule has 1 rings (SSSR count). The molecule has 0 fully saturated rings. The first-order chi connectivity index (χ1) is 9.44. The van der Waals surface area contributed by atoms with E-state index in [1.54, 1.807) is 18.2 Å². The SMILES string of the molecule is CCCCCC(C)(C)CNCc1cccc(C(=O)O)c1. The molecular formula is C17H27NO2. The maximum absolute atomic E-state index is 10.9. The van der Waals surface area contributed by atoms with Crippen LogP contribution in [0.15, 0.2) is 24.3 Å². The zero-order chi connectivity index (χ0) is 15.0. The topological polar surface area (TPSA) is 49.3 Å². The predicted molar refractivity (Wildman–Crippen MR) is 83.0 cm³/mol. The summed E-state index contributed by atoms with van der Waals surface area (Å²) in [6.07, 6.45) is 5.05. The Kier molecular flexibility index (Phi) is 6.73. The van der Waals surface area contributed by atoms with Gasteiger partial charge in [-0.3, -0.25) is 0 Å². The third-order valence-electron chi connectivity index (χ3n) is 3.56. The van der Waals surface area contributed by atoms with Gasteiger partial charge in [-0.2, -0.15) is 0 Å². The normalized spacial score (nSPS) is 11.6. The molecular weight excluding hydrogens is 250 g/mol. The number of hydrogen-bond acceptors (Lipinski definition) is 2. The molecule has 0 heterocycles. The Hall–Kier alpha value is -1.35. The highest BCUT2D eigenvalue weighted by atomic mass is 16.4. The molecule has 0 aliphatic heterocycles. The van der Waals surface area contributed by atoms with Crippen molar-refractivity contribution in [3.63, 3.8) is 0 Å². The molecule has 0 unspecified atom stereocenters. The van der Waals surface area contributed by atoms with E-state index in [4.69, 9.17) is 5.11 Å². The first kappa shape index (κ1) is 16.7. The Balaban J connectivity index is 2.39. The van der Waals surface area contributed by atoms with Crippen LogP contribution in [0.2, 0.25) is 0 Å². The van der Waals surface area contributed by atoms with Gasteiger partial charge < -0.3 is 10.4 Å². The van der Waals surface area contributed by atoms with E-state index in [-0.39, 0.29) is 0 Å². The fraction of sp³-hybridized carbons (Fsp3) is 0.588. The van der Waals surface area contributed by atoms with Crippen LogP contribution >= 0.6 is 0 Å². The summed E-state index contributed by atoms with van der Waals surface area (Å²) in [7, 11) is 0. The Labute approximate surface area is 122 Å². The largest absolute Gasteiger partial charge is 0.478 e. The summed E-state index contributed by atoms with van der Waals surface area (Å²) < 4.78 is 0. The van der Waals surface area contributed by atoms with Crippen molar-refractivity contribution in [2.75, 3.05) is 6.54 Å². The van der Waals surface area contributed by atoms with Gasteiger partial charge in [-0.05, 0) is 29.5 Å². The number of hydrogen-bond donors (Lipinski definition) is 2. The average molecular weight is 277 g/mol. The predicted octanol–water partition coefficient (Wildman–Crippen LogP) is 4.08. The fourth-order valence-corrected chi connectivity index (χ4v) is 2.30. The van der Waals surface area contributed by atoms with Gasteiger partial charge in [-0.1, -0.05) is 52.2 Å². The number of benzene rings is 1. The molecule has 0 amide bonds. The molecule has 3 nitrogen and oxygen atoms in total. The van der Waals surface area contributed by atoms with Crippen molar-refractivity contribution in [3.8, 4) is 0 Å². The molecule has 0 spiro atoms. The number of unbranched alkanes of at least 4 members (excludes halogenated alkanes) is 2. The van der Waals surface area contributed by atoms with Crippen molar-refractivity contribution in [3.05, 3.63) is 35.4 Å². The number of carbonyl (C=O) groups is 1. The molecule has 1 aromatic carbocycles. The molecule has 0 atom stereocenters. The van der Waals surface area contributed by atoms with Crippen LogP contribution in [0.25, 0.3) is 0 Å². The summed E-state index contributed by atoms with van der Waals surface area (Å²) in [6, 6.07) is 7.12. The Morgan fingerprint density at radius 1 is 1.30 bits per heavy atom. The maximum atomic E-state index is 10.9. The van der Waals surface area contributed by atoms with Gasteiger partial charge in [0.15, 0.2) is 0 Å². The quantitative estimate of drug-likeness (QED) is 0.669. The number of carboxylic acids is 1. The van der Waals surface area contributed by atoms with Crippen LogP contribution in [0.1, 0.15) is 62.4 Å². The fourth-order valence-electron chi connectivity index (χ4n) is 2.30. The van der Waals surface area contributed by atoms with Crippen LogP contribution in [0, 0.1) is 5.41 Å². The minimum Gasteiger partial charge on any atom is -0.478 e. The Bertz CT molecular complexity index is 427. The first-order valence-electron chi connectivity index (χ1n) is 7.47. The molecule has 20 heavy (non-hydrogen) atoms. The number of nitrogens with one attached hydrogen (secondary N) is 1. The highest BCUT2D eigenvalue weighted by molar-refractivity contribution is 5.87. The van der Waals surface area contributed by atoms with Crippen molar-refractivity contribution in [1.29, 1.82) is 0 Å². The molecule has 0 saturated heterocycles. The molecule has 2 N–H and O–H groups in total. The van der Waals surface area contributed by atoms with Crippen molar-refractivity contribution in [2.24, 2.45) is 5.41 Å². The van der Waals surface area contributed by atoms with Gasteiger partial charge in [0.05, 0.1) is 5.56 Å². The van der Waals surface area contributed by atoms with Crippen LogP contribution < -0.4 is 5.32 Å². The van der Waals surface area contributed by atoms with E-state index >= 15 is 0 Å². The number of rotatable bonds is 9. The van der Waals surface area contributed by atoms with Crippen molar-refractivity contribution in [2.45, 2.75) is 53.0 Å². The highest BCUT2D eigenvalue weighted by Gasteiger charge is 2.16. The van der Waals surface area contributed by atoms with Crippen LogP contribution in [0.5, 0.6) is 0 Å². The van der Waals surface area contributed by atoms with Crippen molar-refractivity contribution < 1.29 is 9.90 Å². The molecule has 112 valence electrons. The number of aromatic carboxylic acids is 1. The van der Waals surface area contributed by atoms with Gasteiger partial charge >= 0.3 is 5.97 Å². The third-order valence-corrected chi connectivity index (χ3v) is 3.56. The second-order valence-electron chi connectivity index (χ2n) is 6.23. The highest BCUT2D eigenvalue weighted by Crippen LogP contribution is 2.22. The van der Waals surface area contributed by atoms with E-state index < -0.39 is 5.97 Å². The smallest absolute Gasteiger partial charge is 0.335 e. The monoisotopic (exact) mass is 277 g/mol. The molecule has 0 aliphatic carbocycles. The van der Waals surface area contributed by atoms with Gasteiger partial charge in [0.25, 0.3) is 0 Å². The van der Waals surface area contributed by atoms with Gasteiger partial charge in [0.2, 0.25) is 0 Å². The Morgan fingerprint density at radius 3 is 2.70 bits per heavy atom. The van der Waals surface area contributed by atoms with Gasteiger partial charge in [0.1, 0.15) is 0 Å². The lowest BCUT2D eigenvalue weighted by atomic mass is 9.87. The summed E-state index contributed by atoms with van der Waals surface area (Å²) in [5.41, 5.74) is 1.67. The van der Waals surface area contributed by atoms with Gasteiger partial charge in [-0.15, -0.1) is 0 Å². The first-order valence-corrected chi connectivity index (χ1v) is 7.47. The zero-order valence-corrected chi connectivity index (χ0v) is 12.9. The van der Waals surface area contributed by atoms with Crippen molar-refractivity contribution >= 4 is 5.97 Å². The lowest BCUT2D eigenvalue weighted by Gasteiger charge is -2.25. The van der Waals surface area contributed by atoms with Crippen LogP contribution in [0.4, 0.5) is 0 Å². The molecule has 1 aromatic rings. The van der Waals surface area contributed by atoms with Crippen LogP contribution in [-0.4, -0.2) is 17.6 Å². The van der Waals surface area contributed by atoms with E-state index in [1.807, 2.05) is 6.07 Å². The van der Waals surface area contributed by atoms with E-state index in [0.29, 0.717) is 11.0 Å². The van der Waals surface area contributed by atoms with E-state index in [9.17, 15) is 4.79 Å². The third kappa shape index (κ3) is 6.20. The van der Waals surface area contributed by atoms with Gasteiger partial charge in [0, 0.05) is 13.1 Å². The minimum atomic E-state index is -0.869. The summed E-state index contributed by atoms with van der Waals surface area (Å²) >= 11 is 0. The van der Waals surface area contributed by atoms with Crippen molar-refractivity contribution in [1.82, 2.24) is 5.32 Å². The molecule has 3 heteroatoms. The molecule has 0 bridgehead atoms. The summed E-state index contributed by atoms with van der Waals surface area (Å²) in [6.45, 7) is 8.46. The maximum Gasteiger partial charge on any atom is 0.335 e. The summed E-state index contributed by atoms with van der Waals surface area (Å²) in [5, 5.41) is 12.4. The van der Waals surface area contributed by atoms with Crippen LogP contribution in [-0.2, 0) is 6.54 Å². The second-order valence-corrected chi connectivity index (χ2v) is 6.23. The Morgan fingerprint density at radius 2 is 2.05 bits per heavy atom. The standard InChI is InChI=1S/C17H27NO2/c1-4-5-6-10-17(2,3)13-18-12-14-8-7-9-15(11-14)16(19)20/h7-9,11,18H,4-6,10,12-13H2,1-3H3,(H,19,20). The molecule has 0 aromatic heterocycles. The second kappa shape index (κ2) is 8.05. The summed E-state index contributed by atoms with van der Waals surface area (Å²) in [4.78, 5) is 10.9. The molecule has 0 aliphatic rings.